The normalized spacial score (nSPS) is 14.1. The smallest absolute Gasteiger partial charge is 0.460 e. The molecular formula is C17H9F12NO4S. The minimum absolute atomic E-state index is 0.279. The Morgan fingerprint density at radius 2 is 1.31 bits per heavy atom. The summed E-state index contributed by atoms with van der Waals surface area (Å²) in [6.07, 6.45) is -12.8. The third-order valence-corrected chi connectivity index (χ3v) is 5.39. The van der Waals surface area contributed by atoms with Crippen molar-refractivity contribution in [2.24, 2.45) is 0 Å². The van der Waals surface area contributed by atoms with Crippen LogP contribution >= 0.6 is 0 Å². The lowest BCUT2D eigenvalue weighted by Gasteiger charge is -2.32. The van der Waals surface area contributed by atoms with Gasteiger partial charge < -0.3 is 8.92 Å². The van der Waals surface area contributed by atoms with E-state index in [0.29, 0.717) is 7.11 Å². The third-order valence-electron chi connectivity index (χ3n) is 4.11. The Kier molecular flexibility index (Phi) is 6.98. The summed E-state index contributed by atoms with van der Waals surface area (Å²) in [5.41, 5.74) is -3.25. The number of halogens is 12. The average Bonchev–Trinajstić information content (AvgIpc) is 2.71. The van der Waals surface area contributed by atoms with Crippen molar-refractivity contribution in [1.29, 1.82) is 0 Å². The van der Waals surface area contributed by atoms with Crippen LogP contribution in [0.4, 0.5) is 52.7 Å². The first-order chi connectivity index (χ1) is 15.6. The first-order valence-corrected chi connectivity index (χ1v) is 9.88. The maximum Gasteiger partial charge on any atom is 0.460 e. The van der Waals surface area contributed by atoms with Crippen LogP contribution in [-0.4, -0.2) is 43.8 Å². The summed E-state index contributed by atoms with van der Waals surface area (Å²) >= 11 is 0. The third kappa shape index (κ3) is 4.79. The topological polar surface area (TPSA) is 65.5 Å². The van der Waals surface area contributed by atoms with Gasteiger partial charge in [-0.2, -0.15) is 61.1 Å². The van der Waals surface area contributed by atoms with E-state index in [9.17, 15) is 61.1 Å². The summed E-state index contributed by atoms with van der Waals surface area (Å²) in [4.78, 5) is 3.13. The van der Waals surface area contributed by atoms with Crippen LogP contribution < -0.4 is 8.92 Å². The monoisotopic (exact) mass is 551 g/mol. The van der Waals surface area contributed by atoms with Crippen molar-refractivity contribution >= 4 is 10.1 Å². The lowest BCUT2D eigenvalue weighted by atomic mass is 10.1. The number of hydrogen-bond acceptors (Lipinski definition) is 5. The summed E-state index contributed by atoms with van der Waals surface area (Å²) in [7, 11) is -6.92. The second kappa shape index (κ2) is 8.63. The van der Waals surface area contributed by atoms with Gasteiger partial charge in [0, 0.05) is 11.6 Å². The molecule has 196 valence electrons. The van der Waals surface area contributed by atoms with E-state index in [1.807, 2.05) is 0 Å². The van der Waals surface area contributed by atoms with Crippen LogP contribution in [0.25, 0.3) is 11.3 Å². The number of benzene rings is 1. The van der Waals surface area contributed by atoms with Gasteiger partial charge in [-0.1, -0.05) is 30.3 Å². The van der Waals surface area contributed by atoms with E-state index >= 15 is 0 Å². The van der Waals surface area contributed by atoms with Gasteiger partial charge in [0.1, 0.15) is 11.4 Å². The Bertz CT molecular complexity index is 1180. The van der Waals surface area contributed by atoms with Crippen LogP contribution in [0.1, 0.15) is 5.69 Å². The van der Waals surface area contributed by atoms with E-state index < -0.39 is 68.5 Å². The number of alkyl halides is 12. The molecule has 35 heavy (non-hydrogen) atoms. The number of pyridine rings is 1. The van der Waals surface area contributed by atoms with Crippen molar-refractivity contribution in [1.82, 2.24) is 4.98 Å². The Hall–Kier alpha value is -2.92. The summed E-state index contributed by atoms with van der Waals surface area (Å²) in [6, 6.07) is 5.52. The van der Waals surface area contributed by atoms with E-state index in [2.05, 4.69) is 13.9 Å². The van der Waals surface area contributed by atoms with Gasteiger partial charge in [-0.25, -0.2) is 4.98 Å². The van der Waals surface area contributed by atoms with E-state index in [1.54, 1.807) is 0 Å². The molecule has 2 rings (SSSR count). The van der Waals surface area contributed by atoms with Gasteiger partial charge in [0.25, 0.3) is 0 Å². The molecule has 1 aromatic heterocycles. The number of rotatable bonds is 7. The highest BCUT2D eigenvalue weighted by Gasteiger charge is 2.86. The molecule has 0 aliphatic heterocycles. The highest BCUT2D eigenvalue weighted by atomic mass is 32.2. The van der Waals surface area contributed by atoms with Crippen molar-refractivity contribution < 1.29 is 70.0 Å². The SMILES string of the molecule is COc1c(OS(=O)(=O)C(F)(F)C(F)(F)C(F)(F)C(F)(F)F)cc(C(F)(F)F)nc1-c1ccccc1. The van der Waals surface area contributed by atoms with Crippen LogP contribution in [0.15, 0.2) is 36.4 Å². The summed E-state index contributed by atoms with van der Waals surface area (Å²) in [5, 5.41) is -7.31. The van der Waals surface area contributed by atoms with Crippen LogP contribution in [0, 0.1) is 0 Å². The molecule has 5 nitrogen and oxygen atoms in total. The molecule has 0 spiro atoms. The van der Waals surface area contributed by atoms with E-state index in [-0.39, 0.29) is 5.56 Å². The lowest BCUT2D eigenvalue weighted by molar-refractivity contribution is -0.382. The fraction of sp³-hybridized carbons (Fsp3) is 0.353. The zero-order valence-electron chi connectivity index (χ0n) is 16.5. The molecule has 0 saturated carbocycles. The van der Waals surface area contributed by atoms with Crippen LogP contribution in [0.5, 0.6) is 11.5 Å². The lowest BCUT2D eigenvalue weighted by Crippen LogP contribution is -2.63. The van der Waals surface area contributed by atoms with Gasteiger partial charge in [-0.15, -0.1) is 0 Å². The van der Waals surface area contributed by atoms with Gasteiger partial charge in [0.05, 0.1) is 7.11 Å². The summed E-state index contributed by atoms with van der Waals surface area (Å²) in [5.74, 6) is -18.4. The second-order valence-corrected chi connectivity index (χ2v) is 8.04. The zero-order chi connectivity index (χ0) is 27.3. The molecule has 0 unspecified atom stereocenters. The Morgan fingerprint density at radius 1 is 0.800 bits per heavy atom. The highest BCUT2D eigenvalue weighted by Crippen LogP contribution is 2.55. The molecule has 2 aromatic rings. The van der Waals surface area contributed by atoms with Gasteiger partial charge >= 0.3 is 39.6 Å². The second-order valence-electron chi connectivity index (χ2n) is 6.45. The fourth-order valence-electron chi connectivity index (χ4n) is 2.39. The largest absolute Gasteiger partial charge is 0.491 e. The molecule has 0 atom stereocenters. The number of hydrogen-bond donors (Lipinski definition) is 0. The van der Waals surface area contributed by atoms with Gasteiger partial charge in [0.15, 0.2) is 11.5 Å². The van der Waals surface area contributed by atoms with Crippen LogP contribution in [0.3, 0.4) is 0 Å². The van der Waals surface area contributed by atoms with Gasteiger partial charge in [0.2, 0.25) is 0 Å². The predicted molar refractivity (Wildman–Crippen MR) is 91.7 cm³/mol. The maximum atomic E-state index is 14.0. The van der Waals surface area contributed by atoms with Gasteiger partial charge in [-0.05, 0) is 0 Å². The molecule has 0 aliphatic carbocycles. The Morgan fingerprint density at radius 3 is 1.74 bits per heavy atom. The van der Waals surface area contributed by atoms with Crippen molar-refractivity contribution in [2.75, 3.05) is 7.11 Å². The molecule has 0 aliphatic rings. The average molecular weight is 551 g/mol. The van der Waals surface area contributed by atoms with E-state index in [1.165, 1.54) is 18.2 Å². The molecule has 0 N–H and O–H groups in total. The molecule has 0 bridgehead atoms. The molecule has 0 radical (unpaired) electrons. The molecule has 0 saturated heterocycles. The molecule has 0 amide bonds. The molecule has 1 aromatic carbocycles. The molecule has 1 heterocycles. The van der Waals surface area contributed by atoms with Gasteiger partial charge in [-0.3, -0.25) is 0 Å². The first-order valence-electron chi connectivity index (χ1n) is 8.47. The Balaban J connectivity index is 2.75. The minimum Gasteiger partial charge on any atom is -0.491 e. The van der Waals surface area contributed by atoms with Crippen molar-refractivity contribution in [3.8, 4) is 22.8 Å². The number of nitrogens with zero attached hydrogens (tertiary/aromatic N) is 1. The molecule has 0 fully saturated rings. The first kappa shape index (κ1) is 28.3. The summed E-state index contributed by atoms with van der Waals surface area (Å²) in [6.45, 7) is 0. The Labute approximate surface area is 187 Å². The van der Waals surface area contributed by atoms with Crippen molar-refractivity contribution in [3.63, 3.8) is 0 Å². The van der Waals surface area contributed by atoms with Crippen molar-refractivity contribution in [3.05, 3.63) is 42.1 Å². The fourth-order valence-corrected chi connectivity index (χ4v) is 3.30. The quantitative estimate of drug-likeness (QED) is 0.316. The minimum atomic E-state index is -7.66. The van der Waals surface area contributed by atoms with Crippen LogP contribution in [0.2, 0.25) is 0 Å². The molecule has 18 heteroatoms. The van der Waals surface area contributed by atoms with E-state index in [0.717, 1.165) is 12.1 Å². The van der Waals surface area contributed by atoms with Crippen molar-refractivity contribution in [2.45, 2.75) is 29.5 Å². The number of methoxy groups -OCH3 is 1. The predicted octanol–water partition coefficient (Wildman–Crippen LogP) is 5.91. The van der Waals surface area contributed by atoms with Crippen LogP contribution in [-0.2, 0) is 16.3 Å². The standard InChI is InChI=1S/C17H9F12NO4S/c1-33-12-9(7-10(13(18,19)20)30-11(12)8-5-3-2-4-6-8)34-35(31,32)17(28,29)15(23,24)14(21,22)16(25,26)27/h2-7H,1H3. The van der Waals surface area contributed by atoms with E-state index in [4.69, 9.17) is 0 Å². The number of aromatic nitrogens is 1. The zero-order valence-corrected chi connectivity index (χ0v) is 17.3. The highest BCUT2D eigenvalue weighted by molar-refractivity contribution is 7.88. The maximum absolute atomic E-state index is 14.0. The summed E-state index contributed by atoms with van der Waals surface area (Å²) < 4.78 is 189. The number of ether oxygens (including phenoxy) is 1. The molecular weight excluding hydrogens is 542 g/mol.